The van der Waals surface area contributed by atoms with Gasteiger partial charge in [0.2, 0.25) is 0 Å². The number of carbonyl (C=O) groups excluding carboxylic acids is 2. The fourth-order valence-corrected chi connectivity index (χ4v) is 3.16. The predicted molar refractivity (Wildman–Crippen MR) is 102 cm³/mol. The van der Waals surface area contributed by atoms with Gasteiger partial charge in [-0.15, -0.1) is 11.3 Å². The van der Waals surface area contributed by atoms with Crippen LogP contribution in [0.2, 0.25) is 0 Å². The molecular formula is C20H17FN2O3S. The number of nitrogens with one attached hydrogen (secondary N) is 1. The molecule has 5 nitrogen and oxygen atoms in total. The molecule has 0 fully saturated rings. The average molecular weight is 384 g/mol. The SMILES string of the molecule is CCc1cccc(NC(=O)COC(=O)c2csc(-c3ccc(F)cc3)n2)c1. The summed E-state index contributed by atoms with van der Waals surface area (Å²) in [6.45, 7) is 1.62. The Morgan fingerprint density at radius 1 is 1.19 bits per heavy atom. The van der Waals surface area contributed by atoms with Crippen molar-refractivity contribution in [2.75, 3.05) is 11.9 Å². The molecule has 2 aromatic carbocycles. The Morgan fingerprint density at radius 2 is 1.96 bits per heavy atom. The smallest absolute Gasteiger partial charge is 0.358 e. The number of aromatic nitrogens is 1. The molecule has 0 aliphatic heterocycles. The molecule has 0 aliphatic rings. The molecule has 0 bridgehead atoms. The van der Waals surface area contributed by atoms with Crippen LogP contribution in [0.1, 0.15) is 23.0 Å². The van der Waals surface area contributed by atoms with Crippen LogP contribution in [0.25, 0.3) is 10.6 Å². The first kappa shape index (κ1) is 18.7. The largest absolute Gasteiger partial charge is 0.451 e. The quantitative estimate of drug-likeness (QED) is 0.643. The second-order valence-electron chi connectivity index (χ2n) is 5.72. The Balaban J connectivity index is 1.56. The third-order valence-corrected chi connectivity index (χ3v) is 4.65. The Labute approximate surface area is 159 Å². The van der Waals surface area contributed by atoms with E-state index in [0.29, 0.717) is 16.3 Å². The molecule has 0 unspecified atom stereocenters. The fraction of sp³-hybridized carbons (Fsp3) is 0.150. The number of aryl methyl sites for hydroxylation is 1. The number of thiazole rings is 1. The summed E-state index contributed by atoms with van der Waals surface area (Å²) in [4.78, 5) is 28.2. The van der Waals surface area contributed by atoms with Crippen molar-refractivity contribution in [3.63, 3.8) is 0 Å². The third kappa shape index (κ3) is 4.98. The van der Waals surface area contributed by atoms with Gasteiger partial charge in [-0.05, 0) is 48.4 Å². The van der Waals surface area contributed by atoms with Gasteiger partial charge in [-0.3, -0.25) is 4.79 Å². The summed E-state index contributed by atoms with van der Waals surface area (Å²) in [6.07, 6.45) is 0.860. The van der Waals surface area contributed by atoms with E-state index in [1.807, 2.05) is 25.1 Å². The monoisotopic (exact) mass is 384 g/mol. The molecule has 138 valence electrons. The normalized spacial score (nSPS) is 10.4. The van der Waals surface area contributed by atoms with E-state index in [1.165, 1.54) is 23.5 Å². The fourth-order valence-electron chi connectivity index (χ4n) is 2.36. The molecule has 0 aliphatic carbocycles. The van der Waals surface area contributed by atoms with E-state index in [2.05, 4.69) is 10.3 Å². The molecule has 1 heterocycles. The van der Waals surface area contributed by atoms with Gasteiger partial charge < -0.3 is 10.1 Å². The maximum atomic E-state index is 13.0. The lowest BCUT2D eigenvalue weighted by molar-refractivity contribution is -0.119. The Kier molecular flexibility index (Phi) is 5.93. The van der Waals surface area contributed by atoms with E-state index < -0.39 is 18.5 Å². The van der Waals surface area contributed by atoms with E-state index in [0.717, 1.165) is 12.0 Å². The summed E-state index contributed by atoms with van der Waals surface area (Å²) in [5.74, 6) is -1.45. The molecule has 3 aromatic rings. The van der Waals surface area contributed by atoms with Crippen molar-refractivity contribution in [1.82, 2.24) is 4.98 Å². The Hall–Kier alpha value is -3.06. The first-order valence-corrected chi connectivity index (χ1v) is 9.20. The maximum Gasteiger partial charge on any atom is 0.358 e. The van der Waals surface area contributed by atoms with E-state index >= 15 is 0 Å². The lowest BCUT2D eigenvalue weighted by Crippen LogP contribution is -2.21. The molecule has 0 atom stereocenters. The minimum absolute atomic E-state index is 0.111. The Bertz CT molecular complexity index is 954. The highest BCUT2D eigenvalue weighted by Crippen LogP contribution is 2.24. The number of ether oxygens (including phenoxy) is 1. The van der Waals surface area contributed by atoms with Crippen molar-refractivity contribution >= 4 is 28.9 Å². The topological polar surface area (TPSA) is 68.3 Å². The molecule has 1 aromatic heterocycles. The molecular weight excluding hydrogens is 367 g/mol. The number of carbonyl (C=O) groups is 2. The van der Waals surface area contributed by atoms with Crippen LogP contribution in [0.15, 0.2) is 53.9 Å². The molecule has 0 radical (unpaired) electrons. The molecule has 1 amide bonds. The zero-order chi connectivity index (χ0) is 19.2. The van der Waals surface area contributed by atoms with Crippen LogP contribution in [0.5, 0.6) is 0 Å². The van der Waals surface area contributed by atoms with Crippen molar-refractivity contribution in [3.05, 3.63) is 71.0 Å². The van der Waals surface area contributed by atoms with Crippen LogP contribution in [-0.4, -0.2) is 23.5 Å². The number of rotatable bonds is 6. The second-order valence-corrected chi connectivity index (χ2v) is 6.58. The Morgan fingerprint density at radius 3 is 2.70 bits per heavy atom. The minimum atomic E-state index is -0.683. The van der Waals surface area contributed by atoms with Gasteiger partial charge in [-0.2, -0.15) is 0 Å². The molecule has 1 N–H and O–H groups in total. The van der Waals surface area contributed by atoms with Gasteiger partial charge in [-0.25, -0.2) is 14.2 Å². The summed E-state index contributed by atoms with van der Waals surface area (Å²) < 4.78 is 18.0. The summed E-state index contributed by atoms with van der Waals surface area (Å²) in [7, 11) is 0. The summed E-state index contributed by atoms with van der Waals surface area (Å²) in [5, 5.41) is 4.81. The van der Waals surface area contributed by atoms with Gasteiger partial charge >= 0.3 is 5.97 Å². The van der Waals surface area contributed by atoms with Crippen LogP contribution in [0, 0.1) is 5.82 Å². The molecule has 7 heteroatoms. The number of benzene rings is 2. The second kappa shape index (κ2) is 8.55. The standard InChI is InChI=1S/C20H17FN2O3S/c1-2-13-4-3-5-16(10-13)22-18(24)11-26-20(25)17-12-27-19(23-17)14-6-8-15(21)9-7-14/h3-10,12H,2,11H2,1H3,(H,22,24). The van der Waals surface area contributed by atoms with Crippen molar-refractivity contribution in [2.24, 2.45) is 0 Å². The number of nitrogens with zero attached hydrogens (tertiary/aromatic N) is 1. The highest BCUT2D eigenvalue weighted by molar-refractivity contribution is 7.13. The van der Waals surface area contributed by atoms with Gasteiger partial charge in [0.05, 0.1) is 0 Å². The lowest BCUT2D eigenvalue weighted by atomic mass is 10.1. The lowest BCUT2D eigenvalue weighted by Gasteiger charge is -2.07. The number of hydrogen-bond donors (Lipinski definition) is 1. The number of anilines is 1. The first-order chi connectivity index (χ1) is 13.0. The molecule has 3 rings (SSSR count). The summed E-state index contributed by atoms with van der Waals surface area (Å²) in [5.41, 5.74) is 2.57. The van der Waals surface area contributed by atoms with E-state index in [9.17, 15) is 14.0 Å². The highest BCUT2D eigenvalue weighted by Gasteiger charge is 2.15. The van der Waals surface area contributed by atoms with Crippen LogP contribution in [-0.2, 0) is 16.0 Å². The van der Waals surface area contributed by atoms with Crippen LogP contribution >= 0.6 is 11.3 Å². The molecule has 0 saturated carbocycles. The summed E-state index contributed by atoms with van der Waals surface area (Å²) >= 11 is 1.24. The van der Waals surface area contributed by atoms with E-state index in [1.54, 1.807) is 23.6 Å². The zero-order valence-electron chi connectivity index (χ0n) is 14.6. The molecule has 0 spiro atoms. The van der Waals surface area contributed by atoms with Crippen molar-refractivity contribution in [3.8, 4) is 10.6 Å². The van der Waals surface area contributed by atoms with Gasteiger partial charge in [0.25, 0.3) is 5.91 Å². The zero-order valence-corrected chi connectivity index (χ0v) is 15.4. The third-order valence-electron chi connectivity index (χ3n) is 3.76. The van der Waals surface area contributed by atoms with Crippen LogP contribution in [0.4, 0.5) is 10.1 Å². The number of esters is 1. The van der Waals surface area contributed by atoms with Gasteiger partial charge in [0.1, 0.15) is 10.8 Å². The van der Waals surface area contributed by atoms with E-state index in [4.69, 9.17) is 4.74 Å². The molecule has 0 saturated heterocycles. The van der Waals surface area contributed by atoms with Gasteiger partial charge in [0, 0.05) is 16.6 Å². The van der Waals surface area contributed by atoms with Crippen molar-refractivity contribution in [2.45, 2.75) is 13.3 Å². The average Bonchev–Trinajstić information content (AvgIpc) is 3.17. The minimum Gasteiger partial charge on any atom is -0.451 e. The highest BCUT2D eigenvalue weighted by atomic mass is 32.1. The maximum absolute atomic E-state index is 13.0. The number of hydrogen-bond acceptors (Lipinski definition) is 5. The number of amides is 1. The van der Waals surface area contributed by atoms with Gasteiger partial charge in [-0.1, -0.05) is 19.1 Å². The first-order valence-electron chi connectivity index (χ1n) is 8.32. The van der Waals surface area contributed by atoms with E-state index in [-0.39, 0.29) is 11.5 Å². The van der Waals surface area contributed by atoms with Crippen molar-refractivity contribution < 1.29 is 18.7 Å². The summed E-state index contributed by atoms with van der Waals surface area (Å²) in [6, 6.07) is 13.3. The molecule has 27 heavy (non-hydrogen) atoms. The van der Waals surface area contributed by atoms with Crippen LogP contribution in [0.3, 0.4) is 0 Å². The van der Waals surface area contributed by atoms with Crippen LogP contribution < -0.4 is 5.32 Å². The number of halogens is 1. The van der Waals surface area contributed by atoms with Crippen molar-refractivity contribution in [1.29, 1.82) is 0 Å². The van der Waals surface area contributed by atoms with Gasteiger partial charge in [0.15, 0.2) is 12.3 Å². The predicted octanol–water partition coefficient (Wildman–Crippen LogP) is 4.31.